The fraction of sp³-hybridized carbons (Fsp3) is 0.615. The Kier molecular flexibility index (Phi) is 21.3. The number of rotatable bonds is 24. The Morgan fingerprint density at radius 2 is 1.68 bits per heavy atom. The Labute approximate surface area is 332 Å². The first-order valence-electron chi connectivity index (χ1n) is 19.5. The number of nitrogens with one attached hydrogen (secondary N) is 3. The van der Waals surface area contributed by atoms with Gasteiger partial charge in [-0.05, 0) is 83.3 Å². The first-order valence-corrected chi connectivity index (χ1v) is 19.5. The van der Waals surface area contributed by atoms with E-state index < -0.39 is 77.7 Å². The number of ether oxygens (including phenoxy) is 1. The van der Waals surface area contributed by atoms with E-state index in [1.807, 2.05) is 0 Å². The number of hydrogen-bond acceptors (Lipinski definition) is 12. The number of aliphatic carboxylic acids is 1. The number of hydrogen-bond donors (Lipinski definition) is 8. The van der Waals surface area contributed by atoms with Crippen LogP contribution >= 0.6 is 0 Å². The molecular formula is C39H59N5O13. The molecule has 0 saturated carbocycles. The number of aromatic hydroxyl groups is 1. The number of carbonyl (C=O) groups is 7. The van der Waals surface area contributed by atoms with Crippen LogP contribution in [-0.4, -0.2) is 121 Å². The molecule has 1 aromatic carbocycles. The molecule has 0 radical (unpaired) electrons. The number of aliphatic hydroxyl groups excluding tert-OH is 1. The lowest BCUT2D eigenvalue weighted by Gasteiger charge is -2.28. The number of para-hydroxylation sites is 1. The van der Waals surface area contributed by atoms with Gasteiger partial charge in [0.15, 0.2) is 0 Å². The minimum atomic E-state index is -1.58. The van der Waals surface area contributed by atoms with Crippen molar-refractivity contribution in [1.29, 1.82) is 0 Å². The molecule has 0 unspecified atom stereocenters. The number of benzene rings is 1. The summed E-state index contributed by atoms with van der Waals surface area (Å²) < 4.78 is 5.74. The van der Waals surface area contributed by atoms with Crippen molar-refractivity contribution < 1.29 is 64.0 Å². The number of carbonyl (C=O) groups excluding carboxylic acids is 6. The highest BCUT2D eigenvalue weighted by molar-refractivity contribution is 6.00. The summed E-state index contributed by atoms with van der Waals surface area (Å²) in [5, 5.41) is 58.0. The zero-order valence-corrected chi connectivity index (χ0v) is 32.9. The van der Waals surface area contributed by atoms with Crippen LogP contribution in [0.2, 0.25) is 0 Å². The molecule has 8 N–H and O–H groups in total. The van der Waals surface area contributed by atoms with E-state index in [0.717, 1.165) is 19.3 Å². The summed E-state index contributed by atoms with van der Waals surface area (Å²) in [7, 11) is 0. The lowest BCUT2D eigenvalue weighted by molar-refractivity contribution is -0.167. The van der Waals surface area contributed by atoms with Crippen LogP contribution < -0.4 is 16.0 Å². The minimum Gasteiger partial charge on any atom is -0.507 e. The van der Waals surface area contributed by atoms with Crippen LogP contribution in [0.5, 0.6) is 5.75 Å². The van der Waals surface area contributed by atoms with Crippen molar-refractivity contribution in [3.05, 3.63) is 42.0 Å². The second kappa shape index (κ2) is 25.2. The third-order valence-corrected chi connectivity index (χ3v) is 9.56. The molecule has 18 nitrogen and oxygen atoms in total. The predicted octanol–water partition coefficient (Wildman–Crippen LogP) is 2.57. The lowest BCUT2D eigenvalue weighted by Crippen LogP contribution is -2.56. The number of esters is 1. The molecule has 0 spiro atoms. The topological polar surface area (TPSA) is 272 Å². The number of unbranched alkanes of at least 4 members (excludes halogenated alkanes) is 5. The van der Waals surface area contributed by atoms with Crippen LogP contribution in [0, 0.1) is 5.92 Å². The Morgan fingerprint density at radius 3 is 2.35 bits per heavy atom. The van der Waals surface area contributed by atoms with Gasteiger partial charge in [-0.25, -0.2) is 14.9 Å². The van der Waals surface area contributed by atoms with Crippen molar-refractivity contribution in [3.63, 3.8) is 0 Å². The molecule has 5 amide bonds. The fourth-order valence-corrected chi connectivity index (χ4v) is 6.08. The fourth-order valence-electron chi connectivity index (χ4n) is 6.08. The molecule has 57 heavy (non-hydrogen) atoms. The molecule has 1 aliphatic rings. The van der Waals surface area contributed by atoms with Crippen molar-refractivity contribution in [2.75, 3.05) is 13.1 Å². The highest BCUT2D eigenvalue weighted by Gasteiger charge is 2.35. The number of aliphatic hydroxyl groups is 1. The Balaban J connectivity index is 2.11. The van der Waals surface area contributed by atoms with Crippen LogP contribution in [0.1, 0.15) is 115 Å². The summed E-state index contributed by atoms with van der Waals surface area (Å²) in [5.41, 5.74) is -0.159. The molecule has 1 saturated heterocycles. The molecule has 1 aliphatic heterocycles. The number of amides is 5. The maximum Gasteiger partial charge on any atom is 0.328 e. The van der Waals surface area contributed by atoms with Crippen LogP contribution in [0.15, 0.2) is 36.4 Å². The van der Waals surface area contributed by atoms with Crippen LogP contribution in [0.25, 0.3) is 0 Å². The largest absolute Gasteiger partial charge is 0.507 e. The third kappa shape index (κ3) is 16.9. The van der Waals surface area contributed by atoms with Gasteiger partial charge in [-0.2, -0.15) is 0 Å². The van der Waals surface area contributed by atoms with Crippen LogP contribution in [0.3, 0.4) is 0 Å². The average Bonchev–Trinajstić information content (AvgIpc) is 3.32. The van der Waals surface area contributed by atoms with Crippen LogP contribution in [-0.2, 0) is 33.5 Å². The van der Waals surface area contributed by atoms with Gasteiger partial charge in [0, 0.05) is 25.6 Å². The Bertz CT molecular complexity index is 1540. The quantitative estimate of drug-likeness (QED) is 0.0246. The smallest absolute Gasteiger partial charge is 0.328 e. The minimum absolute atomic E-state index is 0.0792. The van der Waals surface area contributed by atoms with E-state index in [1.165, 1.54) is 44.2 Å². The molecular weight excluding hydrogens is 746 g/mol. The summed E-state index contributed by atoms with van der Waals surface area (Å²) in [6.07, 6.45) is 5.81. The van der Waals surface area contributed by atoms with E-state index in [2.05, 4.69) is 16.0 Å². The second-order valence-electron chi connectivity index (χ2n) is 14.2. The van der Waals surface area contributed by atoms with Crippen molar-refractivity contribution in [1.82, 2.24) is 26.1 Å². The van der Waals surface area contributed by atoms with Gasteiger partial charge in [0.2, 0.25) is 11.8 Å². The molecule has 1 fully saturated rings. The van der Waals surface area contributed by atoms with Gasteiger partial charge >= 0.3 is 11.9 Å². The zero-order chi connectivity index (χ0) is 42.5. The molecule has 18 heteroatoms. The van der Waals surface area contributed by atoms with Gasteiger partial charge in [0.25, 0.3) is 17.7 Å². The summed E-state index contributed by atoms with van der Waals surface area (Å²) in [6, 6.07) is 1.65. The van der Waals surface area contributed by atoms with Gasteiger partial charge in [-0.3, -0.25) is 39.2 Å². The van der Waals surface area contributed by atoms with Gasteiger partial charge in [0.1, 0.15) is 30.0 Å². The van der Waals surface area contributed by atoms with E-state index in [-0.39, 0.29) is 56.5 Å². The van der Waals surface area contributed by atoms with E-state index in [9.17, 15) is 54.2 Å². The van der Waals surface area contributed by atoms with Gasteiger partial charge in [-0.1, -0.05) is 44.9 Å². The molecule has 2 rings (SSSR count). The Hall–Kier alpha value is -5.07. The van der Waals surface area contributed by atoms with Gasteiger partial charge in [0.05, 0.1) is 17.6 Å². The standard InChI is InChI=1S/C39H59N5O13/c1-4-31(25(2)35(50)40-28-18-13-16-24-44(56)38(28)53)57-39(54)29(41-37(52)34(26(3)45)42-36(51)27-17-11-12-20-30(27)46)19-14-15-23-43(55)32(47)21-9-7-5-6-8-10-22-33(48)49/h9,11-12,17,20-21,25-26,28-29,31,34,45-46,55-56H,4-8,10,13-16,18-19,22-24H2,1-3H3,(H,40,50)(H,41,52)(H,42,51)(H,48,49)/b21-9-/t25-,26+,28-,29+,31+,34-/m1/s1. The van der Waals surface area contributed by atoms with Crippen molar-refractivity contribution in [2.24, 2.45) is 5.92 Å². The Morgan fingerprint density at radius 1 is 0.982 bits per heavy atom. The zero-order valence-electron chi connectivity index (χ0n) is 32.9. The normalized spacial score (nSPS) is 17.1. The number of hydroxylamine groups is 4. The monoisotopic (exact) mass is 805 g/mol. The molecule has 0 aromatic heterocycles. The van der Waals surface area contributed by atoms with E-state index >= 15 is 0 Å². The lowest BCUT2D eigenvalue weighted by atomic mass is 10.00. The van der Waals surface area contributed by atoms with E-state index in [0.29, 0.717) is 42.2 Å². The number of carboxylic acid groups (broad SMARTS) is 1. The van der Waals surface area contributed by atoms with Crippen molar-refractivity contribution in [3.8, 4) is 5.75 Å². The number of phenols is 1. The molecule has 1 aromatic rings. The highest BCUT2D eigenvalue weighted by Crippen LogP contribution is 2.19. The number of carboxylic acids is 1. The van der Waals surface area contributed by atoms with Gasteiger partial charge < -0.3 is 36.0 Å². The molecule has 6 atom stereocenters. The number of allylic oxidation sites excluding steroid dienone is 1. The SMILES string of the molecule is CC[C@H](OC(=O)[C@H](CCCCN(O)C(=O)/C=C\CCCCCCC(=O)O)NC(=O)[C@H](NC(=O)c1ccccc1O)[C@H](C)O)[C@@H](C)C(=O)N[C@@H]1CCCCN(O)C1=O. The van der Waals surface area contributed by atoms with Gasteiger partial charge in [-0.15, -0.1) is 0 Å². The third-order valence-electron chi connectivity index (χ3n) is 9.56. The number of nitrogens with zero attached hydrogens (tertiary/aromatic N) is 2. The molecule has 0 aliphatic carbocycles. The molecule has 1 heterocycles. The summed E-state index contributed by atoms with van der Waals surface area (Å²) >= 11 is 0. The highest BCUT2D eigenvalue weighted by atomic mass is 16.5. The molecule has 0 bridgehead atoms. The second-order valence-corrected chi connectivity index (χ2v) is 14.2. The maximum absolute atomic E-state index is 13.7. The summed E-state index contributed by atoms with van der Waals surface area (Å²) in [6.45, 7) is 4.43. The average molecular weight is 806 g/mol. The first kappa shape index (κ1) is 48.1. The van der Waals surface area contributed by atoms with Crippen molar-refractivity contribution >= 4 is 41.5 Å². The van der Waals surface area contributed by atoms with E-state index in [4.69, 9.17) is 9.84 Å². The first-order chi connectivity index (χ1) is 27.1. The molecule has 318 valence electrons. The summed E-state index contributed by atoms with van der Waals surface area (Å²) in [5.74, 6) is -6.84. The van der Waals surface area contributed by atoms with Crippen LogP contribution in [0.4, 0.5) is 0 Å². The maximum atomic E-state index is 13.7. The van der Waals surface area contributed by atoms with E-state index in [1.54, 1.807) is 13.0 Å². The number of phenolic OH excluding ortho intramolecular Hbond substituents is 1. The van der Waals surface area contributed by atoms with Crippen molar-refractivity contribution in [2.45, 2.75) is 135 Å². The predicted molar refractivity (Wildman–Crippen MR) is 203 cm³/mol. The summed E-state index contributed by atoms with van der Waals surface area (Å²) in [4.78, 5) is 88.8.